The van der Waals surface area contributed by atoms with Crippen molar-refractivity contribution in [3.8, 4) is 0 Å². The van der Waals surface area contributed by atoms with Crippen molar-refractivity contribution in [1.82, 2.24) is 4.90 Å². The van der Waals surface area contributed by atoms with Gasteiger partial charge in [-0.15, -0.1) is 11.8 Å². The quantitative estimate of drug-likeness (QED) is 0.219. The van der Waals surface area contributed by atoms with E-state index in [2.05, 4.69) is 42.6 Å². The maximum absolute atomic E-state index is 12.2. The lowest BCUT2D eigenvalue weighted by atomic mass is 9.90. The fourth-order valence-electron chi connectivity index (χ4n) is 3.64. The van der Waals surface area contributed by atoms with Gasteiger partial charge in [-0.25, -0.2) is 4.79 Å². The van der Waals surface area contributed by atoms with Gasteiger partial charge in [0, 0.05) is 23.5 Å². The molecule has 2 aromatic carbocycles. The molecule has 0 amide bonds. The van der Waals surface area contributed by atoms with Gasteiger partial charge >= 0.3 is 5.97 Å². The molecule has 0 atom stereocenters. The molecule has 0 aliphatic carbocycles. The molecular weight excluding hydrogens is 436 g/mol. The summed E-state index contributed by atoms with van der Waals surface area (Å²) >= 11 is 1.69. The Balaban J connectivity index is 1.67. The fourth-order valence-corrected chi connectivity index (χ4v) is 4.05. The van der Waals surface area contributed by atoms with Gasteiger partial charge in [-0.3, -0.25) is 4.90 Å². The predicted octanol–water partition coefficient (Wildman–Crippen LogP) is 4.63. The number of esters is 1. The summed E-state index contributed by atoms with van der Waals surface area (Å²) in [5, 5.41) is 4.43. The summed E-state index contributed by atoms with van der Waals surface area (Å²) in [6, 6.07) is 15.9. The van der Waals surface area contributed by atoms with Crippen LogP contribution < -0.4 is 0 Å². The van der Waals surface area contributed by atoms with Crippen molar-refractivity contribution in [1.29, 1.82) is 0 Å². The molecule has 1 fully saturated rings. The Morgan fingerprint density at radius 2 is 1.82 bits per heavy atom. The Hall–Kier alpha value is -2.61. The van der Waals surface area contributed by atoms with E-state index >= 15 is 0 Å². The van der Waals surface area contributed by atoms with E-state index < -0.39 is 11.5 Å². The molecule has 0 unspecified atom stereocenters. The van der Waals surface area contributed by atoms with E-state index in [4.69, 9.17) is 14.3 Å². The van der Waals surface area contributed by atoms with Crippen LogP contribution in [-0.2, 0) is 25.7 Å². The van der Waals surface area contributed by atoms with Gasteiger partial charge in [0.05, 0.1) is 18.8 Å². The number of nitrogens with zero attached hydrogens (tertiary/aromatic N) is 2. The van der Waals surface area contributed by atoms with Crippen LogP contribution in [0.4, 0.5) is 0 Å². The number of morpholine rings is 1. The summed E-state index contributed by atoms with van der Waals surface area (Å²) in [7, 11) is 0. The van der Waals surface area contributed by atoms with Crippen LogP contribution in [0, 0.1) is 0 Å². The van der Waals surface area contributed by atoms with Crippen molar-refractivity contribution >= 4 is 29.5 Å². The molecular formula is C26H32N2O4S. The Morgan fingerprint density at radius 1 is 1.15 bits per heavy atom. The number of ether oxygens (including phenoxy) is 2. The second-order valence-corrected chi connectivity index (χ2v) is 9.09. The Labute approximate surface area is 200 Å². The summed E-state index contributed by atoms with van der Waals surface area (Å²) < 4.78 is 10.9. The second kappa shape index (κ2) is 12.0. The number of thioether (sulfide) groups is 1. The van der Waals surface area contributed by atoms with Crippen molar-refractivity contribution in [2.75, 3.05) is 39.2 Å². The molecule has 1 aliphatic heterocycles. The van der Waals surface area contributed by atoms with Crippen molar-refractivity contribution in [2.24, 2.45) is 5.16 Å². The van der Waals surface area contributed by atoms with E-state index in [0.29, 0.717) is 13.2 Å². The van der Waals surface area contributed by atoms with E-state index in [1.165, 1.54) is 4.90 Å². The summed E-state index contributed by atoms with van der Waals surface area (Å²) in [5.74, 6) is -0.465. The lowest BCUT2D eigenvalue weighted by Gasteiger charge is -2.41. The van der Waals surface area contributed by atoms with E-state index in [-0.39, 0.29) is 13.2 Å². The van der Waals surface area contributed by atoms with Crippen LogP contribution in [0.15, 0.2) is 65.2 Å². The zero-order chi connectivity index (χ0) is 23.7. The van der Waals surface area contributed by atoms with Crippen LogP contribution in [0.5, 0.6) is 0 Å². The molecule has 6 nitrogen and oxygen atoms in total. The summed E-state index contributed by atoms with van der Waals surface area (Å²) in [6.45, 7) is 10.9. The number of carbonyl (C=O) groups is 1. The first-order valence-electron chi connectivity index (χ1n) is 11.0. The van der Waals surface area contributed by atoms with Gasteiger partial charge in [0.15, 0.2) is 0 Å². The molecule has 176 valence electrons. The number of benzene rings is 2. The Bertz CT molecular complexity index is 949. The standard InChI is InChI=1S/C26H32N2O4S/c1-5-20-6-8-21(9-7-20)18-31-24(29)19-32-27-25(22-10-12-23(33-4)13-11-22)26(2,3)28-14-16-30-17-15-28/h5-13H,1,14-19H2,2-4H3/b27-25+. The third kappa shape index (κ3) is 6.93. The maximum atomic E-state index is 12.2. The maximum Gasteiger partial charge on any atom is 0.347 e. The molecule has 0 radical (unpaired) electrons. The summed E-state index contributed by atoms with van der Waals surface area (Å²) in [5.41, 5.74) is 3.25. The highest BCUT2D eigenvalue weighted by Crippen LogP contribution is 2.25. The van der Waals surface area contributed by atoms with Crippen molar-refractivity contribution in [3.05, 3.63) is 71.8 Å². The number of carbonyl (C=O) groups excluding carboxylic acids is 1. The minimum atomic E-state index is -0.465. The van der Waals surface area contributed by atoms with Gasteiger partial charge in [-0.05, 0) is 43.4 Å². The number of rotatable bonds is 10. The molecule has 3 rings (SSSR count). The number of oxime groups is 1. The van der Waals surface area contributed by atoms with E-state index in [0.717, 1.165) is 35.5 Å². The first-order valence-corrected chi connectivity index (χ1v) is 12.2. The average molecular weight is 469 g/mol. The van der Waals surface area contributed by atoms with Gasteiger partial charge in [-0.2, -0.15) is 0 Å². The molecule has 1 aliphatic rings. The summed E-state index contributed by atoms with van der Waals surface area (Å²) in [6.07, 6.45) is 3.82. The van der Waals surface area contributed by atoms with Crippen molar-refractivity contribution < 1.29 is 19.1 Å². The molecule has 1 saturated heterocycles. The fraction of sp³-hybridized carbons (Fsp3) is 0.385. The predicted molar refractivity (Wildman–Crippen MR) is 134 cm³/mol. The highest BCUT2D eigenvalue weighted by Gasteiger charge is 2.35. The van der Waals surface area contributed by atoms with E-state index in [9.17, 15) is 4.79 Å². The normalized spacial score (nSPS) is 15.2. The number of hydrogen-bond acceptors (Lipinski definition) is 7. The third-order valence-electron chi connectivity index (χ3n) is 5.70. The highest BCUT2D eigenvalue weighted by atomic mass is 32.2. The molecule has 0 N–H and O–H groups in total. The van der Waals surface area contributed by atoms with Crippen LogP contribution in [0.25, 0.3) is 6.08 Å². The molecule has 33 heavy (non-hydrogen) atoms. The van der Waals surface area contributed by atoms with Crippen LogP contribution >= 0.6 is 11.8 Å². The van der Waals surface area contributed by atoms with Gasteiger partial charge in [-0.1, -0.05) is 54.2 Å². The number of hydrogen-bond donors (Lipinski definition) is 0. The third-order valence-corrected chi connectivity index (χ3v) is 6.44. The van der Waals surface area contributed by atoms with Gasteiger partial charge in [0.2, 0.25) is 6.61 Å². The molecule has 0 saturated carbocycles. The van der Waals surface area contributed by atoms with Crippen molar-refractivity contribution in [3.63, 3.8) is 0 Å². The highest BCUT2D eigenvalue weighted by molar-refractivity contribution is 7.98. The zero-order valence-corrected chi connectivity index (χ0v) is 20.4. The summed E-state index contributed by atoms with van der Waals surface area (Å²) in [4.78, 5) is 21.2. The average Bonchev–Trinajstić information content (AvgIpc) is 2.86. The second-order valence-electron chi connectivity index (χ2n) is 8.21. The zero-order valence-electron chi connectivity index (χ0n) is 19.6. The Morgan fingerprint density at radius 3 is 2.42 bits per heavy atom. The first-order chi connectivity index (χ1) is 15.9. The smallest absolute Gasteiger partial charge is 0.347 e. The molecule has 0 spiro atoms. The molecule has 0 bridgehead atoms. The van der Waals surface area contributed by atoms with E-state index in [1.807, 2.05) is 42.7 Å². The topological polar surface area (TPSA) is 60.4 Å². The lowest BCUT2D eigenvalue weighted by Crippen LogP contribution is -2.54. The Kier molecular flexibility index (Phi) is 9.11. The first kappa shape index (κ1) is 25.0. The lowest BCUT2D eigenvalue weighted by molar-refractivity contribution is -0.150. The van der Waals surface area contributed by atoms with Gasteiger partial charge < -0.3 is 14.3 Å². The van der Waals surface area contributed by atoms with Crippen LogP contribution in [-0.4, -0.2) is 61.3 Å². The molecule has 0 aromatic heterocycles. The van der Waals surface area contributed by atoms with Gasteiger partial charge in [0.1, 0.15) is 12.3 Å². The van der Waals surface area contributed by atoms with E-state index in [1.54, 1.807) is 17.8 Å². The molecule has 7 heteroatoms. The SMILES string of the molecule is C=Cc1ccc(COC(=O)CO/N=C(\c2ccc(SC)cc2)C(C)(C)N2CCOCC2)cc1. The molecule has 1 heterocycles. The molecule has 2 aromatic rings. The van der Waals surface area contributed by atoms with Gasteiger partial charge in [0.25, 0.3) is 0 Å². The minimum Gasteiger partial charge on any atom is -0.458 e. The monoisotopic (exact) mass is 468 g/mol. The largest absolute Gasteiger partial charge is 0.458 e. The van der Waals surface area contributed by atoms with Crippen molar-refractivity contribution in [2.45, 2.75) is 30.9 Å². The van der Waals surface area contributed by atoms with Crippen LogP contribution in [0.1, 0.15) is 30.5 Å². The van der Waals surface area contributed by atoms with Crippen LogP contribution in [0.3, 0.4) is 0 Å². The van der Waals surface area contributed by atoms with Crippen LogP contribution in [0.2, 0.25) is 0 Å². The minimum absolute atomic E-state index is 0.186.